The predicted molar refractivity (Wildman–Crippen MR) is 91.3 cm³/mol. The van der Waals surface area contributed by atoms with Crippen LogP contribution in [0, 0.1) is 11.3 Å². The summed E-state index contributed by atoms with van der Waals surface area (Å²) in [5.74, 6) is 0.675. The summed E-state index contributed by atoms with van der Waals surface area (Å²) in [6.45, 7) is 3.47. The highest BCUT2D eigenvalue weighted by molar-refractivity contribution is 5.93. The molecular formula is C19H19N3O2. The highest BCUT2D eigenvalue weighted by atomic mass is 16.5. The molecule has 1 unspecified atom stereocenters. The lowest BCUT2D eigenvalue weighted by atomic mass is 10.1. The van der Waals surface area contributed by atoms with Crippen LogP contribution in [0.2, 0.25) is 0 Å². The zero-order chi connectivity index (χ0) is 16.9. The van der Waals surface area contributed by atoms with Crippen molar-refractivity contribution < 1.29 is 9.53 Å². The number of carbonyl (C=O) groups is 1. The number of anilines is 1. The van der Waals surface area contributed by atoms with E-state index in [4.69, 9.17) is 10.00 Å². The molecule has 5 heteroatoms. The van der Waals surface area contributed by atoms with E-state index in [2.05, 4.69) is 10.2 Å². The zero-order valence-electron chi connectivity index (χ0n) is 13.5. The maximum atomic E-state index is 12.1. The van der Waals surface area contributed by atoms with E-state index >= 15 is 0 Å². The molecule has 1 N–H and O–H groups in total. The van der Waals surface area contributed by atoms with Gasteiger partial charge in [-0.3, -0.25) is 9.69 Å². The number of para-hydroxylation sites is 1. The molecule has 3 rings (SSSR count). The van der Waals surface area contributed by atoms with E-state index in [9.17, 15) is 4.79 Å². The van der Waals surface area contributed by atoms with Crippen LogP contribution in [0.5, 0.6) is 5.75 Å². The third-order valence-electron chi connectivity index (χ3n) is 3.88. The molecule has 0 radical (unpaired) electrons. The van der Waals surface area contributed by atoms with E-state index < -0.39 is 6.10 Å². The van der Waals surface area contributed by atoms with Gasteiger partial charge < -0.3 is 10.1 Å². The molecule has 1 aliphatic rings. The van der Waals surface area contributed by atoms with Gasteiger partial charge in [0.2, 0.25) is 5.91 Å². The molecule has 5 nitrogen and oxygen atoms in total. The van der Waals surface area contributed by atoms with Crippen LogP contribution in [0.4, 0.5) is 5.69 Å². The Morgan fingerprint density at radius 2 is 1.96 bits per heavy atom. The molecule has 0 saturated heterocycles. The largest absolute Gasteiger partial charge is 0.476 e. The van der Waals surface area contributed by atoms with Crippen LogP contribution < -0.4 is 10.1 Å². The molecule has 0 aliphatic carbocycles. The Bertz CT molecular complexity index is 765. The average molecular weight is 321 g/mol. The number of carbonyl (C=O) groups excluding carboxylic acids is 1. The minimum atomic E-state index is -0.471. The summed E-state index contributed by atoms with van der Waals surface area (Å²) in [4.78, 5) is 14.2. The Balaban J connectivity index is 1.69. The summed E-state index contributed by atoms with van der Waals surface area (Å²) in [5, 5.41) is 11.7. The van der Waals surface area contributed by atoms with Gasteiger partial charge in [0.15, 0.2) is 6.10 Å². The van der Waals surface area contributed by atoms with Crippen molar-refractivity contribution in [3.8, 4) is 11.8 Å². The van der Waals surface area contributed by atoms with E-state index in [1.165, 1.54) is 0 Å². The van der Waals surface area contributed by atoms with Gasteiger partial charge in [0, 0.05) is 18.8 Å². The lowest BCUT2D eigenvalue weighted by Crippen LogP contribution is -2.29. The standard InChI is InChI=1S/C19H19N3O2/c1-14(10-20)24-17-8-6-15(7-9-17)11-22-12-16-4-2-3-5-18(16)21-19(23)13-22/h2-9,14H,11-13H2,1H3,(H,21,23). The Hall–Kier alpha value is -2.84. The van der Waals surface area contributed by atoms with Gasteiger partial charge in [0.25, 0.3) is 0 Å². The van der Waals surface area contributed by atoms with Crippen molar-refractivity contribution in [1.29, 1.82) is 5.26 Å². The Morgan fingerprint density at radius 1 is 1.21 bits per heavy atom. The molecule has 24 heavy (non-hydrogen) atoms. The van der Waals surface area contributed by atoms with Crippen molar-refractivity contribution in [1.82, 2.24) is 4.90 Å². The van der Waals surface area contributed by atoms with Crippen LogP contribution in [-0.4, -0.2) is 23.5 Å². The molecule has 1 aliphatic heterocycles. The second kappa shape index (κ2) is 7.16. The van der Waals surface area contributed by atoms with Gasteiger partial charge in [0.05, 0.1) is 6.54 Å². The highest BCUT2D eigenvalue weighted by Crippen LogP contribution is 2.22. The summed E-state index contributed by atoms with van der Waals surface area (Å²) >= 11 is 0. The monoisotopic (exact) mass is 321 g/mol. The summed E-state index contributed by atoms with van der Waals surface area (Å²) in [6.07, 6.45) is -0.471. The molecule has 1 amide bonds. The van der Waals surface area contributed by atoms with E-state index in [1.807, 2.05) is 54.6 Å². The maximum absolute atomic E-state index is 12.1. The zero-order valence-corrected chi connectivity index (χ0v) is 13.5. The topological polar surface area (TPSA) is 65.4 Å². The first-order valence-corrected chi connectivity index (χ1v) is 7.89. The summed E-state index contributed by atoms with van der Waals surface area (Å²) in [6, 6.07) is 17.6. The molecular weight excluding hydrogens is 302 g/mol. The summed E-state index contributed by atoms with van der Waals surface area (Å²) in [5.41, 5.74) is 3.10. The van der Waals surface area contributed by atoms with Crippen molar-refractivity contribution in [2.75, 3.05) is 11.9 Å². The van der Waals surface area contributed by atoms with E-state index in [0.29, 0.717) is 18.8 Å². The number of nitriles is 1. The molecule has 2 aromatic rings. The van der Waals surface area contributed by atoms with Crippen molar-refractivity contribution in [2.24, 2.45) is 0 Å². The van der Waals surface area contributed by atoms with E-state index in [1.54, 1.807) is 6.92 Å². The lowest BCUT2D eigenvalue weighted by molar-refractivity contribution is -0.117. The number of hydrogen-bond acceptors (Lipinski definition) is 4. The number of fused-ring (bicyclic) bond motifs is 1. The first-order valence-electron chi connectivity index (χ1n) is 7.89. The van der Waals surface area contributed by atoms with Crippen molar-refractivity contribution in [2.45, 2.75) is 26.1 Å². The van der Waals surface area contributed by atoms with Crippen LogP contribution >= 0.6 is 0 Å². The van der Waals surface area contributed by atoms with Crippen LogP contribution in [0.1, 0.15) is 18.1 Å². The smallest absolute Gasteiger partial charge is 0.238 e. The quantitative estimate of drug-likeness (QED) is 0.940. The van der Waals surface area contributed by atoms with Crippen LogP contribution in [0.15, 0.2) is 48.5 Å². The minimum Gasteiger partial charge on any atom is -0.476 e. The average Bonchev–Trinajstić information content (AvgIpc) is 2.73. The number of benzene rings is 2. The molecule has 1 atom stereocenters. The van der Waals surface area contributed by atoms with Crippen molar-refractivity contribution in [3.63, 3.8) is 0 Å². The lowest BCUT2D eigenvalue weighted by Gasteiger charge is -2.19. The van der Waals surface area contributed by atoms with Gasteiger partial charge in [0.1, 0.15) is 11.8 Å². The fourth-order valence-corrected chi connectivity index (χ4v) is 2.74. The first kappa shape index (κ1) is 16.0. The second-order valence-corrected chi connectivity index (χ2v) is 5.88. The normalized spacial score (nSPS) is 15.6. The van der Waals surface area contributed by atoms with Gasteiger partial charge in [-0.25, -0.2) is 0 Å². The number of amides is 1. The number of rotatable bonds is 4. The summed E-state index contributed by atoms with van der Waals surface area (Å²) < 4.78 is 5.45. The van der Waals surface area contributed by atoms with E-state index in [0.717, 1.165) is 23.4 Å². The van der Waals surface area contributed by atoms with Crippen LogP contribution in [0.25, 0.3) is 0 Å². The molecule has 122 valence electrons. The Morgan fingerprint density at radius 3 is 2.71 bits per heavy atom. The Kier molecular flexibility index (Phi) is 4.78. The molecule has 0 fully saturated rings. The fourth-order valence-electron chi connectivity index (χ4n) is 2.74. The maximum Gasteiger partial charge on any atom is 0.238 e. The number of nitrogens with zero attached hydrogens (tertiary/aromatic N) is 2. The van der Waals surface area contributed by atoms with Crippen LogP contribution in [0.3, 0.4) is 0 Å². The molecule has 0 bridgehead atoms. The molecule has 1 heterocycles. The van der Waals surface area contributed by atoms with Gasteiger partial charge in [-0.2, -0.15) is 5.26 Å². The second-order valence-electron chi connectivity index (χ2n) is 5.88. The number of hydrogen-bond donors (Lipinski definition) is 1. The molecule has 2 aromatic carbocycles. The third kappa shape index (κ3) is 3.92. The summed E-state index contributed by atoms with van der Waals surface area (Å²) in [7, 11) is 0. The fraction of sp³-hybridized carbons (Fsp3) is 0.263. The third-order valence-corrected chi connectivity index (χ3v) is 3.88. The van der Waals surface area contributed by atoms with Gasteiger partial charge in [-0.1, -0.05) is 30.3 Å². The van der Waals surface area contributed by atoms with Gasteiger partial charge >= 0.3 is 0 Å². The molecule has 0 saturated carbocycles. The SMILES string of the molecule is CC(C#N)Oc1ccc(CN2CC(=O)Nc3ccccc3C2)cc1. The minimum absolute atomic E-state index is 0.00254. The van der Waals surface area contributed by atoms with Gasteiger partial charge in [-0.15, -0.1) is 0 Å². The van der Waals surface area contributed by atoms with E-state index in [-0.39, 0.29) is 5.91 Å². The van der Waals surface area contributed by atoms with Crippen LogP contribution in [-0.2, 0) is 17.9 Å². The molecule has 0 aromatic heterocycles. The highest BCUT2D eigenvalue weighted by Gasteiger charge is 2.18. The Labute approximate surface area is 141 Å². The first-order chi connectivity index (χ1) is 11.6. The number of nitrogens with one attached hydrogen (secondary N) is 1. The van der Waals surface area contributed by atoms with Crippen molar-refractivity contribution >= 4 is 11.6 Å². The van der Waals surface area contributed by atoms with Crippen molar-refractivity contribution in [3.05, 3.63) is 59.7 Å². The molecule has 0 spiro atoms. The number of ether oxygens (including phenoxy) is 1. The van der Waals surface area contributed by atoms with Gasteiger partial charge in [-0.05, 0) is 36.2 Å². The predicted octanol–water partition coefficient (Wildman–Crippen LogP) is 2.93.